The van der Waals surface area contributed by atoms with Gasteiger partial charge in [0.05, 0.1) is 12.2 Å². The number of hydrogen-bond acceptors (Lipinski definition) is 3. The first-order valence-electron chi connectivity index (χ1n) is 8.55. The fraction of sp³-hybridized carbons (Fsp3) is 0.250. The highest BCUT2D eigenvalue weighted by atomic mass is 32.1. The van der Waals surface area contributed by atoms with Crippen LogP contribution in [-0.2, 0) is 19.4 Å². The summed E-state index contributed by atoms with van der Waals surface area (Å²) in [6.07, 6.45) is 8.32. The molecule has 1 amide bonds. The van der Waals surface area contributed by atoms with Crippen LogP contribution in [0.2, 0.25) is 0 Å². The number of thiophene rings is 1. The molecule has 1 aliphatic carbocycles. The first-order chi connectivity index (χ1) is 12.3. The molecule has 2 heterocycles. The molecular formula is C20H20N2O2S. The van der Waals surface area contributed by atoms with E-state index in [4.69, 9.17) is 0 Å². The second-order valence-corrected chi connectivity index (χ2v) is 7.38. The summed E-state index contributed by atoms with van der Waals surface area (Å²) in [6.45, 7) is -0.0355. The lowest BCUT2D eigenvalue weighted by Crippen LogP contribution is -2.16. The van der Waals surface area contributed by atoms with Crippen molar-refractivity contribution >= 4 is 22.9 Å². The van der Waals surface area contributed by atoms with E-state index in [9.17, 15) is 9.90 Å². The zero-order valence-corrected chi connectivity index (χ0v) is 14.7. The Balaban J connectivity index is 1.73. The third-order valence-corrected chi connectivity index (χ3v) is 5.89. The highest BCUT2D eigenvalue weighted by Crippen LogP contribution is 2.37. The normalized spacial score (nSPS) is 13.5. The Morgan fingerprint density at radius 2 is 1.96 bits per heavy atom. The monoisotopic (exact) mass is 352 g/mol. The fourth-order valence-corrected chi connectivity index (χ4v) is 4.73. The number of amides is 1. The van der Waals surface area contributed by atoms with Gasteiger partial charge in [-0.3, -0.25) is 4.79 Å². The molecule has 2 N–H and O–H groups in total. The van der Waals surface area contributed by atoms with Crippen molar-refractivity contribution in [2.75, 3.05) is 5.32 Å². The number of carbonyl (C=O) groups is 1. The minimum atomic E-state index is -0.0711. The Morgan fingerprint density at radius 1 is 1.16 bits per heavy atom. The summed E-state index contributed by atoms with van der Waals surface area (Å²) in [6, 6.07) is 11.3. The number of fused-ring (bicyclic) bond motifs is 1. The number of aromatic nitrogens is 1. The van der Waals surface area contributed by atoms with Gasteiger partial charge in [-0.2, -0.15) is 0 Å². The number of carbonyl (C=O) groups excluding carboxylic acids is 1. The Hall–Kier alpha value is -2.37. The summed E-state index contributed by atoms with van der Waals surface area (Å²) in [5.74, 6) is -0.0711. The number of rotatable bonds is 4. The molecule has 0 bridgehead atoms. The van der Waals surface area contributed by atoms with Crippen molar-refractivity contribution in [2.24, 2.45) is 0 Å². The molecule has 0 spiro atoms. The molecule has 0 saturated carbocycles. The number of aryl methyl sites for hydroxylation is 1. The van der Waals surface area contributed by atoms with Crippen LogP contribution >= 0.6 is 11.3 Å². The second-order valence-electron chi connectivity index (χ2n) is 6.29. The Kier molecular flexibility index (Phi) is 4.42. The third-order valence-electron chi connectivity index (χ3n) is 4.59. The summed E-state index contributed by atoms with van der Waals surface area (Å²) in [5, 5.41) is 13.3. The van der Waals surface area contributed by atoms with Crippen LogP contribution in [0.3, 0.4) is 0 Å². The topological polar surface area (TPSA) is 54.3 Å². The molecule has 1 aromatic carbocycles. The van der Waals surface area contributed by atoms with Crippen molar-refractivity contribution < 1.29 is 9.90 Å². The van der Waals surface area contributed by atoms with Crippen molar-refractivity contribution in [3.05, 3.63) is 70.4 Å². The smallest absolute Gasteiger partial charge is 0.258 e. The number of hydrogen-bond donors (Lipinski definition) is 2. The van der Waals surface area contributed by atoms with Crippen LogP contribution in [0.15, 0.2) is 48.8 Å². The van der Waals surface area contributed by atoms with Gasteiger partial charge in [-0.1, -0.05) is 12.1 Å². The van der Waals surface area contributed by atoms with E-state index in [2.05, 4.69) is 5.32 Å². The molecule has 0 atom stereocenters. The maximum atomic E-state index is 13.1. The van der Waals surface area contributed by atoms with Crippen molar-refractivity contribution in [3.63, 3.8) is 0 Å². The number of nitrogens with zero attached hydrogens (tertiary/aromatic N) is 1. The first kappa shape index (κ1) is 16.1. The number of aliphatic hydroxyl groups is 1. The minimum Gasteiger partial charge on any atom is -0.392 e. The average Bonchev–Trinajstić information content (AvgIpc) is 3.29. The summed E-state index contributed by atoms with van der Waals surface area (Å²) in [4.78, 5) is 14.4. The van der Waals surface area contributed by atoms with Crippen molar-refractivity contribution in [1.29, 1.82) is 0 Å². The van der Waals surface area contributed by atoms with E-state index in [0.717, 1.165) is 35.4 Å². The summed E-state index contributed by atoms with van der Waals surface area (Å²) >= 11 is 1.73. The molecule has 4 nitrogen and oxygen atoms in total. The maximum Gasteiger partial charge on any atom is 0.258 e. The Morgan fingerprint density at radius 3 is 2.76 bits per heavy atom. The molecule has 3 aromatic rings. The number of benzene rings is 1. The standard InChI is InChI=1S/C20H20N2O2S/c23-13-14-6-5-7-15(12-14)21-19(24)18-16-8-1-2-9-17(16)25-20(18)22-10-3-4-11-22/h3-7,10-12,23H,1-2,8-9,13H2,(H,21,24). The predicted molar refractivity (Wildman–Crippen MR) is 101 cm³/mol. The van der Waals surface area contributed by atoms with E-state index >= 15 is 0 Å². The van der Waals surface area contributed by atoms with Crippen LogP contribution in [0.25, 0.3) is 5.00 Å². The molecule has 0 saturated heterocycles. The molecule has 0 radical (unpaired) electrons. The molecule has 128 valence electrons. The molecule has 0 fully saturated rings. The summed E-state index contributed by atoms with van der Waals surface area (Å²) < 4.78 is 2.03. The molecular weight excluding hydrogens is 332 g/mol. The predicted octanol–water partition coefficient (Wildman–Crippen LogP) is 4.16. The lowest BCUT2D eigenvalue weighted by molar-refractivity contribution is 0.102. The van der Waals surface area contributed by atoms with E-state index in [1.807, 2.05) is 53.4 Å². The zero-order chi connectivity index (χ0) is 17.2. The maximum absolute atomic E-state index is 13.1. The molecule has 2 aromatic heterocycles. The molecule has 5 heteroatoms. The van der Waals surface area contributed by atoms with Gasteiger partial charge < -0.3 is 15.0 Å². The number of aliphatic hydroxyl groups excluding tert-OH is 1. The molecule has 25 heavy (non-hydrogen) atoms. The first-order valence-corrected chi connectivity index (χ1v) is 9.37. The quantitative estimate of drug-likeness (QED) is 0.741. The average molecular weight is 352 g/mol. The SMILES string of the molecule is O=C(Nc1cccc(CO)c1)c1c(-n2cccc2)sc2c1CCCC2. The van der Waals surface area contributed by atoms with Gasteiger partial charge in [0.2, 0.25) is 0 Å². The van der Waals surface area contributed by atoms with Crippen molar-refractivity contribution in [1.82, 2.24) is 4.57 Å². The van der Waals surface area contributed by atoms with Gasteiger partial charge in [-0.15, -0.1) is 11.3 Å². The lowest BCUT2D eigenvalue weighted by Gasteiger charge is -2.13. The number of nitrogens with one attached hydrogen (secondary N) is 1. The van der Waals surface area contributed by atoms with Crippen LogP contribution in [-0.4, -0.2) is 15.6 Å². The Labute approximate surface area is 150 Å². The van der Waals surface area contributed by atoms with E-state index in [-0.39, 0.29) is 12.5 Å². The lowest BCUT2D eigenvalue weighted by atomic mass is 9.95. The molecule has 1 aliphatic rings. The number of anilines is 1. The zero-order valence-electron chi connectivity index (χ0n) is 13.9. The second kappa shape index (κ2) is 6.86. The molecule has 0 aliphatic heterocycles. The van der Waals surface area contributed by atoms with Gasteiger partial charge >= 0.3 is 0 Å². The van der Waals surface area contributed by atoms with Gasteiger partial charge in [0.1, 0.15) is 5.00 Å². The van der Waals surface area contributed by atoms with Gasteiger partial charge in [0, 0.05) is 23.0 Å². The van der Waals surface area contributed by atoms with Crippen molar-refractivity contribution in [2.45, 2.75) is 32.3 Å². The van der Waals surface area contributed by atoms with Crippen LogP contribution < -0.4 is 5.32 Å². The Bertz CT molecular complexity index is 897. The van der Waals surface area contributed by atoms with Crippen LogP contribution in [0.1, 0.15) is 39.2 Å². The van der Waals surface area contributed by atoms with Crippen LogP contribution in [0.5, 0.6) is 0 Å². The van der Waals surface area contributed by atoms with Crippen LogP contribution in [0.4, 0.5) is 5.69 Å². The van der Waals surface area contributed by atoms with E-state index in [1.165, 1.54) is 16.9 Å². The summed E-state index contributed by atoms with van der Waals surface area (Å²) in [5.41, 5.74) is 3.50. The van der Waals surface area contributed by atoms with Gasteiger partial charge in [-0.05, 0) is 61.1 Å². The van der Waals surface area contributed by atoms with Gasteiger partial charge in [0.15, 0.2) is 0 Å². The van der Waals surface area contributed by atoms with E-state index in [0.29, 0.717) is 5.69 Å². The molecule has 4 rings (SSSR count). The highest BCUT2D eigenvalue weighted by molar-refractivity contribution is 7.15. The molecule has 0 unspecified atom stereocenters. The summed E-state index contributed by atoms with van der Waals surface area (Å²) in [7, 11) is 0. The van der Waals surface area contributed by atoms with E-state index < -0.39 is 0 Å². The minimum absolute atomic E-state index is 0.0355. The third kappa shape index (κ3) is 3.13. The fourth-order valence-electron chi connectivity index (χ4n) is 3.38. The van der Waals surface area contributed by atoms with Crippen molar-refractivity contribution in [3.8, 4) is 5.00 Å². The van der Waals surface area contributed by atoms with Gasteiger partial charge in [0.25, 0.3) is 5.91 Å². The van der Waals surface area contributed by atoms with Gasteiger partial charge in [-0.25, -0.2) is 0 Å². The van der Waals surface area contributed by atoms with Crippen LogP contribution in [0, 0.1) is 0 Å². The largest absolute Gasteiger partial charge is 0.392 e. The highest BCUT2D eigenvalue weighted by Gasteiger charge is 2.26. The van der Waals surface area contributed by atoms with E-state index in [1.54, 1.807) is 11.3 Å².